The van der Waals surface area contributed by atoms with Gasteiger partial charge < -0.3 is 4.74 Å². The quantitative estimate of drug-likeness (QED) is 0.665. The summed E-state index contributed by atoms with van der Waals surface area (Å²) in [6, 6.07) is 3.28. The van der Waals surface area contributed by atoms with Crippen molar-refractivity contribution in [2.75, 3.05) is 6.61 Å². The molecule has 0 radical (unpaired) electrons. The van der Waals surface area contributed by atoms with E-state index in [0.717, 1.165) is 12.3 Å². The highest BCUT2D eigenvalue weighted by molar-refractivity contribution is 5.17. The Labute approximate surface area is 76.7 Å². The molecule has 1 heterocycles. The van der Waals surface area contributed by atoms with E-state index in [2.05, 4.69) is 4.98 Å². The van der Waals surface area contributed by atoms with Crippen LogP contribution in [0.3, 0.4) is 0 Å². The number of hydrogen-bond acceptors (Lipinski definition) is 2. The first kappa shape index (κ1) is 8.48. The summed E-state index contributed by atoms with van der Waals surface area (Å²) >= 11 is 0. The highest BCUT2D eigenvalue weighted by Crippen LogP contribution is 2.32. The van der Waals surface area contributed by atoms with Crippen LogP contribution in [0.15, 0.2) is 18.3 Å². The van der Waals surface area contributed by atoms with Gasteiger partial charge in [0.2, 0.25) is 0 Å². The van der Waals surface area contributed by atoms with Gasteiger partial charge in [0.15, 0.2) is 5.75 Å². The Morgan fingerprint density at radius 3 is 3.08 bits per heavy atom. The molecule has 0 atom stereocenters. The second kappa shape index (κ2) is 3.73. The van der Waals surface area contributed by atoms with Crippen molar-refractivity contribution in [3.8, 4) is 5.75 Å². The van der Waals surface area contributed by atoms with E-state index in [4.69, 9.17) is 4.74 Å². The lowest BCUT2D eigenvalue weighted by atomic mass is 10.3. The number of rotatable bonds is 4. The van der Waals surface area contributed by atoms with E-state index in [1.54, 1.807) is 12.1 Å². The molecule has 0 aliphatic heterocycles. The van der Waals surface area contributed by atoms with Gasteiger partial charge in [-0.2, -0.15) is 4.39 Å². The fraction of sp³-hybridized carbons (Fsp3) is 0.500. The van der Waals surface area contributed by atoms with Gasteiger partial charge in [-0.1, -0.05) is 12.8 Å². The van der Waals surface area contributed by atoms with Crippen molar-refractivity contribution < 1.29 is 9.13 Å². The van der Waals surface area contributed by atoms with E-state index in [0.29, 0.717) is 6.61 Å². The normalized spacial score (nSPS) is 15.8. The van der Waals surface area contributed by atoms with Gasteiger partial charge >= 0.3 is 0 Å². The van der Waals surface area contributed by atoms with Gasteiger partial charge in [-0.3, -0.25) is 0 Å². The van der Waals surface area contributed by atoms with Crippen LogP contribution in [-0.4, -0.2) is 11.6 Å². The van der Waals surface area contributed by atoms with Crippen LogP contribution >= 0.6 is 0 Å². The van der Waals surface area contributed by atoms with Gasteiger partial charge in [0.05, 0.1) is 6.61 Å². The van der Waals surface area contributed by atoms with E-state index in [1.165, 1.54) is 19.0 Å². The van der Waals surface area contributed by atoms with Gasteiger partial charge in [-0.25, -0.2) is 4.98 Å². The predicted octanol–water partition coefficient (Wildman–Crippen LogP) is 2.40. The minimum Gasteiger partial charge on any atom is -0.489 e. The molecule has 2 rings (SSSR count). The Balaban J connectivity index is 1.82. The van der Waals surface area contributed by atoms with Crippen LogP contribution < -0.4 is 4.74 Å². The standard InChI is InChI=1S/C10H12FNO/c11-10-9(2-1-6-12-10)13-7-5-8-3-4-8/h1-2,6,8H,3-5,7H2. The molecule has 0 bridgehead atoms. The summed E-state index contributed by atoms with van der Waals surface area (Å²) < 4.78 is 18.1. The Hall–Kier alpha value is -1.12. The largest absolute Gasteiger partial charge is 0.489 e. The molecule has 3 heteroatoms. The number of hydrogen-bond donors (Lipinski definition) is 0. The molecule has 1 saturated carbocycles. The Bertz CT molecular complexity index is 286. The number of pyridine rings is 1. The summed E-state index contributed by atoms with van der Waals surface area (Å²) in [4.78, 5) is 3.50. The summed E-state index contributed by atoms with van der Waals surface area (Å²) in [5.41, 5.74) is 0. The van der Waals surface area contributed by atoms with Gasteiger partial charge in [0, 0.05) is 6.20 Å². The van der Waals surface area contributed by atoms with Crippen molar-refractivity contribution in [1.29, 1.82) is 0 Å². The lowest BCUT2D eigenvalue weighted by Crippen LogP contribution is -2.00. The summed E-state index contributed by atoms with van der Waals surface area (Å²) in [5.74, 6) is 0.571. The van der Waals surface area contributed by atoms with E-state index in [1.807, 2.05) is 0 Å². The first-order valence-corrected chi connectivity index (χ1v) is 4.59. The van der Waals surface area contributed by atoms with Crippen molar-refractivity contribution in [3.63, 3.8) is 0 Å². The van der Waals surface area contributed by atoms with Crippen LogP contribution in [0.1, 0.15) is 19.3 Å². The zero-order valence-corrected chi connectivity index (χ0v) is 7.37. The second-order valence-electron chi connectivity index (χ2n) is 3.37. The van der Waals surface area contributed by atoms with E-state index in [-0.39, 0.29) is 5.75 Å². The third-order valence-corrected chi connectivity index (χ3v) is 2.21. The van der Waals surface area contributed by atoms with E-state index in [9.17, 15) is 4.39 Å². The van der Waals surface area contributed by atoms with Crippen molar-refractivity contribution in [2.24, 2.45) is 5.92 Å². The highest BCUT2D eigenvalue weighted by atomic mass is 19.1. The van der Waals surface area contributed by atoms with Crippen molar-refractivity contribution in [1.82, 2.24) is 4.98 Å². The molecular formula is C10H12FNO. The summed E-state index contributed by atoms with van der Waals surface area (Å²) in [6.07, 6.45) is 5.06. The SMILES string of the molecule is Fc1ncccc1OCCC1CC1. The van der Waals surface area contributed by atoms with Gasteiger partial charge in [0.1, 0.15) is 0 Å². The van der Waals surface area contributed by atoms with Crippen LogP contribution in [-0.2, 0) is 0 Å². The monoisotopic (exact) mass is 181 g/mol. The van der Waals surface area contributed by atoms with Gasteiger partial charge in [-0.05, 0) is 24.5 Å². The Morgan fingerprint density at radius 2 is 2.38 bits per heavy atom. The molecule has 0 amide bonds. The molecule has 0 aromatic carbocycles. The molecule has 0 N–H and O–H groups in total. The van der Waals surface area contributed by atoms with Crippen LogP contribution in [0, 0.1) is 11.9 Å². The van der Waals surface area contributed by atoms with Crippen molar-refractivity contribution >= 4 is 0 Å². The molecule has 1 fully saturated rings. The number of halogens is 1. The smallest absolute Gasteiger partial charge is 0.255 e. The third kappa shape index (κ3) is 2.41. The maximum Gasteiger partial charge on any atom is 0.255 e. The summed E-state index contributed by atoms with van der Waals surface area (Å²) in [5, 5.41) is 0. The molecule has 0 spiro atoms. The maximum atomic E-state index is 12.9. The molecule has 70 valence electrons. The number of aromatic nitrogens is 1. The summed E-state index contributed by atoms with van der Waals surface area (Å²) in [7, 11) is 0. The van der Waals surface area contributed by atoms with Crippen molar-refractivity contribution in [2.45, 2.75) is 19.3 Å². The first-order valence-electron chi connectivity index (χ1n) is 4.59. The predicted molar refractivity (Wildman–Crippen MR) is 47.0 cm³/mol. The molecule has 1 aromatic rings. The molecule has 2 nitrogen and oxygen atoms in total. The average Bonchev–Trinajstić information content (AvgIpc) is 2.92. The zero-order chi connectivity index (χ0) is 9.10. The highest BCUT2D eigenvalue weighted by Gasteiger charge is 2.20. The van der Waals surface area contributed by atoms with Gasteiger partial charge in [0.25, 0.3) is 5.95 Å². The number of ether oxygens (including phenoxy) is 1. The topological polar surface area (TPSA) is 22.1 Å². The summed E-state index contributed by atoms with van der Waals surface area (Å²) in [6.45, 7) is 0.604. The molecule has 0 saturated heterocycles. The maximum absolute atomic E-state index is 12.9. The zero-order valence-electron chi connectivity index (χ0n) is 7.37. The van der Waals surface area contributed by atoms with E-state index >= 15 is 0 Å². The van der Waals surface area contributed by atoms with Crippen molar-refractivity contribution in [3.05, 3.63) is 24.3 Å². The third-order valence-electron chi connectivity index (χ3n) is 2.21. The minimum atomic E-state index is -0.515. The van der Waals surface area contributed by atoms with Crippen LogP contribution in [0.2, 0.25) is 0 Å². The molecule has 13 heavy (non-hydrogen) atoms. The Morgan fingerprint density at radius 1 is 1.54 bits per heavy atom. The van der Waals surface area contributed by atoms with Crippen LogP contribution in [0.4, 0.5) is 4.39 Å². The molecule has 0 unspecified atom stereocenters. The first-order chi connectivity index (χ1) is 6.36. The lowest BCUT2D eigenvalue weighted by molar-refractivity contribution is 0.284. The average molecular weight is 181 g/mol. The fourth-order valence-electron chi connectivity index (χ4n) is 1.22. The fourth-order valence-corrected chi connectivity index (χ4v) is 1.22. The molecule has 1 aromatic heterocycles. The minimum absolute atomic E-state index is 0.267. The van der Waals surface area contributed by atoms with Gasteiger partial charge in [-0.15, -0.1) is 0 Å². The molecule has 1 aliphatic rings. The molecular weight excluding hydrogens is 169 g/mol. The van der Waals surface area contributed by atoms with Crippen LogP contribution in [0.25, 0.3) is 0 Å². The van der Waals surface area contributed by atoms with E-state index < -0.39 is 5.95 Å². The lowest BCUT2D eigenvalue weighted by Gasteiger charge is -2.04. The second-order valence-corrected chi connectivity index (χ2v) is 3.37. The number of nitrogens with zero attached hydrogens (tertiary/aromatic N) is 1. The molecule has 1 aliphatic carbocycles. The Kier molecular flexibility index (Phi) is 2.43. The van der Waals surface area contributed by atoms with Crippen LogP contribution in [0.5, 0.6) is 5.75 Å².